The summed E-state index contributed by atoms with van der Waals surface area (Å²) in [5, 5.41) is 0. The van der Waals surface area contributed by atoms with Gasteiger partial charge in [-0.15, -0.1) is 0 Å². The highest BCUT2D eigenvalue weighted by atomic mass is 79.9. The number of aryl methyl sites for hydroxylation is 1. The second-order valence-corrected chi connectivity index (χ2v) is 4.38. The number of hydrogen-bond acceptors (Lipinski definition) is 2. The van der Waals surface area contributed by atoms with Gasteiger partial charge >= 0.3 is 5.97 Å². The Morgan fingerprint density at radius 2 is 2.27 bits per heavy atom. The molecule has 1 aromatic carbocycles. The van der Waals surface area contributed by atoms with E-state index < -0.39 is 0 Å². The summed E-state index contributed by atoms with van der Waals surface area (Å²) >= 11 is 3.21. The van der Waals surface area contributed by atoms with Gasteiger partial charge in [-0.3, -0.25) is 4.79 Å². The number of alkyl halides is 1. The van der Waals surface area contributed by atoms with Gasteiger partial charge in [0.05, 0.1) is 7.11 Å². The van der Waals surface area contributed by atoms with Crippen LogP contribution in [0.1, 0.15) is 11.1 Å². The maximum absolute atomic E-state index is 13.0. The predicted molar refractivity (Wildman–Crippen MR) is 59.6 cm³/mol. The summed E-state index contributed by atoms with van der Waals surface area (Å²) in [6.45, 7) is 1.69. The number of carbonyl (C=O) groups excluding carboxylic acids is 1. The highest BCUT2D eigenvalue weighted by Crippen LogP contribution is 2.14. The van der Waals surface area contributed by atoms with Crippen LogP contribution in [-0.2, 0) is 16.0 Å². The fraction of sp³-hybridized carbons (Fsp3) is 0.364. The average Bonchev–Trinajstić information content (AvgIpc) is 2.22. The van der Waals surface area contributed by atoms with Gasteiger partial charge in [-0.25, -0.2) is 4.39 Å². The Labute approximate surface area is 96.6 Å². The minimum absolute atomic E-state index is 0.233. The highest BCUT2D eigenvalue weighted by Gasteiger charge is 2.15. The van der Waals surface area contributed by atoms with Gasteiger partial charge in [-0.05, 0) is 30.5 Å². The predicted octanol–water partition coefficient (Wildman–Crippen LogP) is 2.61. The fourth-order valence-corrected chi connectivity index (χ4v) is 1.81. The van der Waals surface area contributed by atoms with Crippen LogP contribution in [0.4, 0.5) is 4.39 Å². The van der Waals surface area contributed by atoms with E-state index in [0.717, 1.165) is 5.56 Å². The Bertz CT molecular complexity index is 366. The number of rotatable bonds is 3. The van der Waals surface area contributed by atoms with Crippen molar-refractivity contribution in [2.45, 2.75) is 18.2 Å². The van der Waals surface area contributed by atoms with E-state index in [9.17, 15) is 9.18 Å². The number of ether oxygens (including phenoxy) is 1. The summed E-state index contributed by atoms with van der Waals surface area (Å²) in [7, 11) is 1.34. The minimum atomic E-state index is -0.382. The molecular weight excluding hydrogens is 263 g/mol. The van der Waals surface area contributed by atoms with Crippen LogP contribution < -0.4 is 0 Å². The molecule has 0 N–H and O–H groups in total. The van der Waals surface area contributed by atoms with Gasteiger partial charge in [0.1, 0.15) is 10.6 Å². The second-order valence-electron chi connectivity index (χ2n) is 3.28. The Hall–Kier alpha value is -0.900. The minimum Gasteiger partial charge on any atom is -0.468 e. The van der Waals surface area contributed by atoms with Crippen LogP contribution in [0.15, 0.2) is 18.2 Å². The van der Waals surface area contributed by atoms with Crippen LogP contribution in [0.25, 0.3) is 0 Å². The van der Waals surface area contributed by atoms with Gasteiger partial charge in [-0.1, -0.05) is 28.1 Å². The van der Waals surface area contributed by atoms with Crippen LogP contribution in [-0.4, -0.2) is 17.9 Å². The Kier molecular flexibility index (Phi) is 4.27. The highest BCUT2D eigenvalue weighted by molar-refractivity contribution is 9.10. The van der Waals surface area contributed by atoms with E-state index in [0.29, 0.717) is 12.0 Å². The molecule has 1 atom stereocenters. The molecule has 82 valence electrons. The van der Waals surface area contributed by atoms with Crippen LogP contribution in [0.5, 0.6) is 0 Å². The third kappa shape index (κ3) is 3.30. The maximum atomic E-state index is 13.0. The van der Waals surface area contributed by atoms with Crippen LogP contribution >= 0.6 is 15.9 Å². The number of esters is 1. The molecule has 0 aromatic heterocycles. The van der Waals surface area contributed by atoms with E-state index in [1.54, 1.807) is 19.1 Å². The van der Waals surface area contributed by atoms with E-state index in [1.165, 1.54) is 13.2 Å². The molecule has 0 aliphatic heterocycles. The third-order valence-electron chi connectivity index (χ3n) is 2.09. The Balaban J connectivity index is 2.73. The topological polar surface area (TPSA) is 26.3 Å². The van der Waals surface area contributed by atoms with E-state index in [4.69, 9.17) is 0 Å². The number of benzene rings is 1. The summed E-state index contributed by atoms with van der Waals surface area (Å²) in [4.78, 5) is 10.7. The lowest BCUT2D eigenvalue weighted by molar-refractivity contribution is -0.139. The normalized spacial score (nSPS) is 12.3. The van der Waals surface area contributed by atoms with Gasteiger partial charge in [0.2, 0.25) is 0 Å². The van der Waals surface area contributed by atoms with Crippen molar-refractivity contribution in [2.24, 2.45) is 0 Å². The first kappa shape index (κ1) is 12.2. The largest absolute Gasteiger partial charge is 0.468 e. The van der Waals surface area contributed by atoms with Gasteiger partial charge in [0, 0.05) is 0 Å². The van der Waals surface area contributed by atoms with Crippen LogP contribution in [0.2, 0.25) is 0 Å². The van der Waals surface area contributed by atoms with Crippen molar-refractivity contribution in [3.63, 3.8) is 0 Å². The van der Waals surface area contributed by atoms with Crippen molar-refractivity contribution >= 4 is 21.9 Å². The molecule has 0 aliphatic carbocycles. The average molecular weight is 275 g/mol. The molecule has 0 heterocycles. The zero-order valence-electron chi connectivity index (χ0n) is 8.59. The SMILES string of the molecule is COC(=O)C(Br)Cc1ccc(F)c(C)c1. The summed E-state index contributed by atoms with van der Waals surface area (Å²) in [5.41, 5.74) is 1.48. The first-order chi connectivity index (χ1) is 7.04. The molecule has 0 bridgehead atoms. The van der Waals surface area contributed by atoms with Crippen molar-refractivity contribution in [3.8, 4) is 0 Å². The summed E-state index contributed by atoms with van der Waals surface area (Å²) in [5.74, 6) is -0.556. The van der Waals surface area contributed by atoms with E-state index in [-0.39, 0.29) is 16.6 Å². The van der Waals surface area contributed by atoms with E-state index >= 15 is 0 Å². The molecule has 1 rings (SSSR count). The molecule has 0 saturated carbocycles. The summed E-state index contributed by atoms with van der Waals surface area (Å²) < 4.78 is 17.5. The molecule has 1 aromatic rings. The first-order valence-electron chi connectivity index (χ1n) is 4.51. The smallest absolute Gasteiger partial charge is 0.319 e. The number of halogens is 2. The molecule has 1 unspecified atom stereocenters. The van der Waals surface area contributed by atoms with Crippen molar-refractivity contribution < 1.29 is 13.9 Å². The quantitative estimate of drug-likeness (QED) is 0.626. The van der Waals surface area contributed by atoms with Gasteiger partial charge < -0.3 is 4.74 Å². The fourth-order valence-electron chi connectivity index (χ4n) is 1.25. The molecule has 0 saturated heterocycles. The van der Waals surface area contributed by atoms with Crippen LogP contribution in [0, 0.1) is 12.7 Å². The molecule has 0 aliphatic rings. The molecule has 2 nitrogen and oxygen atoms in total. The van der Waals surface area contributed by atoms with Gasteiger partial charge in [0.15, 0.2) is 0 Å². The number of hydrogen-bond donors (Lipinski definition) is 0. The molecule has 4 heteroatoms. The standard InChI is InChI=1S/C11H12BrFO2/c1-7-5-8(3-4-10(7)13)6-9(12)11(14)15-2/h3-5,9H,6H2,1-2H3. The van der Waals surface area contributed by atoms with Gasteiger partial charge in [0.25, 0.3) is 0 Å². The molecule has 0 fully saturated rings. The lowest BCUT2D eigenvalue weighted by Crippen LogP contribution is -2.18. The molecule has 0 amide bonds. The zero-order valence-corrected chi connectivity index (χ0v) is 10.2. The van der Waals surface area contributed by atoms with E-state index in [1.807, 2.05) is 0 Å². The van der Waals surface area contributed by atoms with Crippen molar-refractivity contribution in [2.75, 3.05) is 7.11 Å². The Morgan fingerprint density at radius 3 is 2.80 bits per heavy atom. The molecule has 0 spiro atoms. The van der Waals surface area contributed by atoms with Crippen molar-refractivity contribution in [1.29, 1.82) is 0 Å². The number of methoxy groups -OCH3 is 1. The van der Waals surface area contributed by atoms with E-state index in [2.05, 4.69) is 20.7 Å². The molecule has 15 heavy (non-hydrogen) atoms. The van der Waals surface area contributed by atoms with Crippen molar-refractivity contribution in [3.05, 3.63) is 35.1 Å². The zero-order chi connectivity index (χ0) is 11.4. The molecular formula is C11H12BrFO2. The number of carbonyl (C=O) groups is 1. The lowest BCUT2D eigenvalue weighted by Gasteiger charge is -2.08. The van der Waals surface area contributed by atoms with Gasteiger partial charge in [-0.2, -0.15) is 0 Å². The first-order valence-corrected chi connectivity index (χ1v) is 5.43. The maximum Gasteiger partial charge on any atom is 0.319 e. The van der Waals surface area contributed by atoms with Crippen molar-refractivity contribution in [1.82, 2.24) is 0 Å². The third-order valence-corrected chi connectivity index (χ3v) is 2.79. The second kappa shape index (κ2) is 5.26. The molecule has 0 radical (unpaired) electrons. The van der Waals surface area contributed by atoms with Crippen LogP contribution in [0.3, 0.4) is 0 Å². The Morgan fingerprint density at radius 1 is 1.60 bits per heavy atom. The summed E-state index contributed by atoms with van der Waals surface area (Å²) in [6, 6.07) is 4.80. The monoisotopic (exact) mass is 274 g/mol. The summed E-state index contributed by atoms with van der Waals surface area (Å²) in [6.07, 6.45) is 0.494. The lowest BCUT2D eigenvalue weighted by atomic mass is 10.1.